The lowest BCUT2D eigenvalue weighted by Gasteiger charge is -2.26. The molecule has 0 radical (unpaired) electrons. The zero-order valence-corrected chi connectivity index (χ0v) is 10.3. The van der Waals surface area contributed by atoms with Gasteiger partial charge in [0.05, 0.1) is 0 Å². The maximum atomic E-state index is 12.0. The smallest absolute Gasteiger partial charge is 0.223 e. The molecule has 0 aliphatic heterocycles. The van der Waals surface area contributed by atoms with Crippen molar-refractivity contribution < 1.29 is 4.79 Å². The van der Waals surface area contributed by atoms with E-state index in [0.717, 1.165) is 13.0 Å². The van der Waals surface area contributed by atoms with Crippen molar-refractivity contribution in [3.63, 3.8) is 0 Å². The Hall–Kier alpha value is -0.570. The van der Waals surface area contributed by atoms with Gasteiger partial charge in [0.2, 0.25) is 5.91 Å². The van der Waals surface area contributed by atoms with Crippen molar-refractivity contribution >= 4 is 5.91 Å². The average Bonchev–Trinajstić information content (AvgIpc) is 2.85. The van der Waals surface area contributed by atoms with E-state index < -0.39 is 0 Å². The molecule has 0 aromatic heterocycles. The average molecular weight is 212 g/mol. The first-order valence-corrected chi connectivity index (χ1v) is 5.93. The third-order valence-electron chi connectivity index (χ3n) is 2.59. The van der Waals surface area contributed by atoms with Gasteiger partial charge in [-0.2, -0.15) is 0 Å². The van der Waals surface area contributed by atoms with E-state index >= 15 is 0 Å². The van der Waals surface area contributed by atoms with Crippen LogP contribution in [0.1, 0.15) is 46.5 Å². The zero-order valence-electron chi connectivity index (χ0n) is 10.3. The molecule has 0 saturated heterocycles. The number of hydrogen-bond donors (Lipinski definition) is 1. The van der Waals surface area contributed by atoms with E-state index in [-0.39, 0.29) is 5.41 Å². The van der Waals surface area contributed by atoms with E-state index in [1.165, 1.54) is 12.8 Å². The van der Waals surface area contributed by atoms with Gasteiger partial charge >= 0.3 is 0 Å². The molecular weight excluding hydrogens is 188 g/mol. The summed E-state index contributed by atoms with van der Waals surface area (Å²) in [5.41, 5.74) is 5.58. The van der Waals surface area contributed by atoms with Crippen molar-refractivity contribution in [3.8, 4) is 0 Å². The van der Waals surface area contributed by atoms with Crippen molar-refractivity contribution in [1.82, 2.24) is 4.90 Å². The predicted molar refractivity (Wildman–Crippen MR) is 62.5 cm³/mol. The van der Waals surface area contributed by atoms with Gasteiger partial charge < -0.3 is 10.6 Å². The van der Waals surface area contributed by atoms with Crippen LogP contribution in [0.15, 0.2) is 0 Å². The number of carbonyl (C=O) groups excluding carboxylic acids is 1. The summed E-state index contributed by atoms with van der Waals surface area (Å²) in [5, 5.41) is 0. The molecule has 1 aliphatic carbocycles. The minimum absolute atomic E-state index is 0.0902. The Kier molecular flexibility index (Phi) is 4.14. The summed E-state index contributed by atoms with van der Waals surface area (Å²) in [6, 6.07) is 0.520. The first-order chi connectivity index (χ1) is 6.94. The molecule has 0 aromatic rings. The van der Waals surface area contributed by atoms with Crippen LogP contribution >= 0.6 is 0 Å². The van der Waals surface area contributed by atoms with Crippen LogP contribution < -0.4 is 5.73 Å². The fourth-order valence-electron chi connectivity index (χ4n) is 1.71. The van der Waals surface area contributed by atoms with Crippen LogP contribution in [0.3, 0.4) is 0 Å². The number of carbonyl (C=O) groups is 1. The Morgan fingerprint density at radius 3 is 2.40 bits per heavy atom. The number of amides is 1. The number of nitrogens with two attached hydrogens (primary N) is 1. The van der Waals surface area contributed by atoms with Crippen LogP contribution in [0, 0.1) is 5.41 Å². The van der Waals surface area contributed by atoms with Gasteiger partial charge in [0.15, 0.2) is 0 Å². The van der Waals surface area contributed by atoms with E-state index in [0.29, 0.717) is 24.9 Å². The van der Waals surface area contributed by atoms with Gasteiger partial charge in [0.25, 0.3) is 0 Å². The molecule has 1 saturated carbocycles. The maximum absolute atomic E-state index is 12.0. The summed E-state index contributed by atoms with van der Waals surface area (Å²) >= 11 is 0. The van der Waals surface area contributed by atoms with Crippen LogP contribution in [-0.2, 0) is 4.79 Å². The molecule has 3 heteroatoms. The van der Waals surface area contributed by atoms with Gasteiger partial charge in [-0.05, 0) is 31.2 Å². The standard InChI is InChI=1S/C12H24N2O/c1-12(2,3)9-11(15)14(8-4-7-13)10-5-6-10/h10H,4-9,13H2,1-3H3. The van der Waals surface area contributed by atoms with Crippen molar-refractivity contribution in [2.24, 2.45) is 11.1 Å². The molecule has 0 heterocycles. The Labute approximate surface area is 93.0 Å². The molecule has 88 valence electrons. The molecule has 2 N–H and O–H groups in total. The first kappa shape index (κ1) is 12.5. The SMILES string of the molecule is CC(C)(C)CC(=O)N(CCCN)C1CC1. The van der Waals surface area contributed by atoms with Gasteiger partial charge in [-0.15, -0.1) is 0 Å². The summed E-state index contributed by atoms with van der Waals surface area (Å²) in [6.07, 6.45) is 3.93. The third-order valence-corrected chi connectivity index (χ3v) is 2.59. The van der Waals surface area contributed by atoms with Crippen LogP contribution in [0.5, 0.6) is 0 Å². The lowest BCUT2D eigenvalue weighted by atomic mass is 9.91. The van der Waals surface area contributed by atoms with E-state index in [1.54, 1.807) is 0 Å². The highest BCUT2D eigenvalue weighted by Gasteiger charge is 2.33. The molecule has 0 atom stereocenters. The van der Waals surface area contributed by atoms with E-state index in [9.17, 15) is 4.79 Å². The minimum Gasteiger partial charge on any atom is -0.340 e. The highest BCUT2D eigenvalue weighted by atomic mass is 16.2. The normalized spacial score (nSPS) is 16.5. The second-order valence-electron chi connectivity index (χ2n) is 5.70. The van der Waals surface area contributed by atoms with Gasteiger partial charge in [0, 0.05) is 19.0 Å². The van der Waals surface area contributed by atoms with Gasteiger partial charge in [0.1, 0.15) is 0 Å². The molecule has 0 spiro atoms. The molecule has 0 unspecified atom stereocenters. The summed E-state index contributed by atoms with van der Waals surface area (Å²) < 4.78 is 0. The Balaban J connectivity index is 2.44. The van der Waals surface area contributed by atoms with E-state index in [2.05, 4.69) is 20.8 Å². The van der Waals surface area contributed by atoms with Crippen LogP contribution in [0.25, 0.3) is 0 Å². The summed E-state index contributed by atoms with van der Waals surface area (Å²) in [7, 11) is 0. The summed E-state index contributed by atoms with van der Waals surface area (Å²) in [6.45, 7) is 7.85. The number of hydrogen-bond acceptors (Lipinski definition) is 2. The first-order valence-electron chi connectivity index (χ1n) is 5.93. The van der Waals surface area contributed by atoms with E-state index in [4.69, 9.17) is 5.73 Å². The van der Waals surface area contributed by atoms with Gasteiger partial charge in [-0.1, -0.05) is 20.8 Å². The summed E-state index contributed by atoms with van der Waals surface area (Å²) in [4.78, 5) is 14.1. The van der Waals surface area contributed by atoms with Gasteiger partial charge in [-0.25, -0.2) is 0 Å². The van der Waals surface area contributed by atoms with Crippen LogP contribution in [0.4, 0.5) is 0 Å². The van der Waals surface area contributed by atoms with Crippen molar-refractivity contribution in [1.29, 1.82) is 0 Å². The highest BCUT2D eigenvalue weighted by molar-refractivity contribution is 5.77. The Morgan fingerprint density at radius 2 is 2.00 bits per heavy atom. The summed E-state index contributed by atoms with van der Waals surface area (Å²) in [5.74, 6) is 0.304. The molecule has 1 aliphatic rings. The van der Waals surface area contributed by atoms with Crippen molar-refractivity contribution in [3.05, 3.63) is 0 Å². The number of nitrogens with zero attached hydrogens (tertiary/aromatic N) is 1. The second-order valence-corrected chi connectivity index (χ2v) is 5.70. The Bertz CT molecular complexity index is 216. The molecule has 1 rings (SSSR count). The fourth-order valence-corrected chi connectivity index (χ4v) is 1.71. The molecule has 3 nitrogen and oxygen atoms in total. The van der Waals surface area contributed by atoms with Crippen LogP contribution in [0.2, 0.25) is 0 Å². The second kappa shape index (κ2) is 4.97. The monoisotopic (exact) mass is 212 g/mol. The quantitative estimate of drug-likeness (QED) is 0.755. The van der Waals surface area contributed by atoms with Crippen molar-refractivity contribution in [2.75, 3.05) is 13.1 Å². The predicted octanol–water partition coefficient (Wildman–Crippen LogP) is 1.76. The minimum atomic E-state index is 0.0902. The molecule has 1 fully saturated rings. The lowest BCUT2D eigenvalue weighted by molar-refractivity contribution is -0.133. The topological polar surface area (TPSA) is 46.3 Å². The zero-order chi connectivity index (χ0) is 11.5. The Morgan fingerprint density at radius 1 is 1.40 bits per heavy atom. The lowest BCUT2D eigenvalue weighted by Crippen LogP contribution is -2.36. The fraction of sp³-hybridized carbons (Fsp3) is 0.917. The van der Waals surface area contributed by atoms with Crippen LogP contribution in [-0.4, -0.2) is 29.9 Å². The molecule has 1 amide bonds. The molecule has 0 aromatic carbocycles. The van der Waals surface area contributed by atoms with Crippen molar-refractivity contribution in [2.45, 2.75) is 52.5 Å². The number of rotatable bonds is 5. The largest absolute Gasteiger partial charge is 0.340 e. The van der Waals surface area contributed by atoms with Gasteiger partial charge in [-0.3, -0.25) is 4.79 Å². The highest BCUT2D eigenvalue weighted by Crippen LogP contribution is 2.29. The molecule has 0 bridgehead atoms. The molecular formula is C12H24N2O. The molecule has 15 heavy (non-hydrogen) atoms. The van der Waals surface area contributed by atoms with E-state index in [1.807, 2.05) is 4.90 Å². The third kappa shape index (κ3) is 4.65. The maximum Gasteiger partial charge on any atom is 0.223 e.